The summed E-state index contributed by atoms with van der Waals surface area (Å²) in [6.45, 7) is 1.63. The van der Waals surface area contributed by atoms with Gasteiger partial charge in [-0.15, -0.1) is 0 Å². The summed E-state index contributed by atoms with van der Waals surface area (Å²) in [6, 6.07) is 7.59. The molecule has 1 N–H and O–H groups in total. The van der Waals surface area contributed by atoms with Crippen LogP contribution in [0.3, 0.4) is 0 Å². The summed E-state index contributed by atoms with van der Waals surface area (Å²) in [5, 5.41) is 8.09. The quantitative estimate of drug-likeness (QED) is 0.927. The number of para-hydroxylation sites is 1. The number of benzene rings is 1. The van der Waals surface area contributed by atoms with Crippen molar-refractivity contribution in [3.05, 3.63) is 30.0 Å². The van der Waals surface area contributed by atoms with E-state index in [1.54, 1.807) is 10.4 Å². The molecular formula is C15H19N3O3S. The van der Waals surface area contributed by atoms with E-state index in [1.807, 2.05) is 18.2 Å². The van der Waals surface area contributed by atoms with E-state index in [4.69, 9.17) is 4.52 Å². The molecule has 7 heteroatoms. The van der Waals surface area contributed by atoms with Gasteiger partial charge < -0.3 is 9.84 Å². The zero-order chi connectivity index (χ0) is 15.2. The van der Waals surface area contributed by atoms with E-state index in [0.717, 1.165) is 37.7 Å². The molecule has 2 aliphatic heterocycles. The highest BCUT2D eigenvalue weighted by Crippen LogP contribution is 2.32. The Balaban J connectivity index is 1.66. The van der Waals surface area contributed by atoms with Crippen molar-refractivity contribution in [2.45, 2.75) is 37.1 Å². The molecule has 0 aliphatic carbocycles. The first kappa shape index (κ1) is 14.2. The number of nitrogens with one attached hydrogen (secondary N) is 1. The third-order valence-electron chi connectivity index (χ3n) is 4.68. The molecule has 0 unspecified atom stereocenters. The largest absolute Gasteiger partial charge is 0.356 e. The van der Waals surface area contributed by atoms with Gasteiger partial charge in [-0.25, -0.2) is 8.42 Å². The van der Waals surface area contributed by atoms with Crippen molar-refractivity contribution >= 4 is 21.0 Å². The highest BCUT2D eigenvalue weighted by molar-refractivity contribution is 7.88. The van der Waals surface area contributed by atoms with Crippen molar-refractivity contribution in [3.8, 4) is 0 Å². The van der Waals surface area contributed by atoms with Gasteiger partial charge >= 0.3 is 0 Å². The van der Waals surface area contributed by atoms with Gasteiger partial charge in [0.25, 0.3) is 0 Å². The van der Waals surface area contributed by atoms with Gasteiger partial charge in [0, 0.05) is 24.0 Å². The molecular weight excluding hydrogens is 302 g/mol. The molecule has 1 aromatic carbocycles. The topological polar surface area (TPSA) is 75.4 Å². The third-order valence-corrected chi connectivity index (χ3v) is 6.56. The Morgan fingerprint density at radius 2 is 2.05 bits per heavy atom. The second-order valence-corrected chi connectivity index (χ2v) is 7.96. The molecule has 6 nitrogen and oxygen atoms in total. The lowest BCUT2D eigenvalue weighted by Crippen LogP contribution is -2.43. The summed E-state index contributed by atoms with van der Waals surface area (Å²) >= 11 is 0. The van der Waals surface area contributed by atoms with Crippen LogP contribution in [0.4, 0.5) is 0 Å². The molecule has 2 atom stereocenters. The Labute approximate surface area is 129 Å². The molecule has 1 aromatic heterocycles. The highest BCUT2D eigenvalue weighted by Gasteiger charge is 2.42. The summed E-state index contributed by atoms with van der Waals surface area (Å²) < 4.78 is 32.8. The average Bonchev–Trinajstić information content (AvgIpc) is 2.99. The second kappa shape index (κ2) is 5.33. The summed E-state index contributed by atoms with van der Waals surface area (Å²) in [4.78, 5) is 0. The Bertz CT molecular complexity index is 772. The van der Waals surface area contributed by atoms with Crippen LogP contribution in [0.25, 0.3) is 11.0 Å². The zero-order valence-electron chi connectivity index (χ0n) is 12.2. The summed E-state index contributed by atoms with van der Waals surface area (Å²) in [5.74, 6) is -0.0863. The van der Waals surface area contributed by atoms with Crippen molar-refractivity contribution in [2.24, 2.45) is 0 Å². The lowest BCUT2D eigenvalue weighted by molar-refractivity contribution is 0.333. The Morgan fingerprint density at radius 3 is 2.95 bits per heavy atom. The van der Waals surface area contributed by atoms with E-state index in [9.17, 15) is 8.42 Å². The van der Waals surface area contributed by atoms with E-state index < -0.39 is 10.0 Å². The van der Waals surface area contributed by atoms with E-state index in [1.165, 1.54) is 0 Å². The number of aromatic nitrogens is 1. The molecule has 2 saturated heterocycles. The van der Waals surface area contributed by atoms with Gasteiger partial charge in [0.05, 0.1) is 0 Å². The van der Waals surface area contributed by atoms with Crippen LogP contribution in [-0.4, -0.2) is 43.1 Å². The third kappa shape index (κ3) is 2.33. The first-order valence-electron chi connectivity index (χ1n) is 7.70. The van der Waals surface area contributed by atoms with Gasteiger partial charge in [-0.05, 0) is 37.9 Å². The smallest absolute Gasteiger partial charge is 0.220 e. The van der Waals surface area contributed by atoms with Crippen molar-refractivity contribution in [3.63, 3.8) is 0 Å². The van der Waals surface area contributed by atoms with E-state index >= 15 is 0 Å². The van der Waals surface area contributed by atoms with Gasteiger partial charge in [-0.3, -0.25) is 0 Å². The minimum atomic E-state index is -3.39. The maximum atomic E-state index is 12.9. The molecule has 2 bridgehead atoms. The summed E-state index contributed by atoms with van der Waals surface area (Å²) in [5.41, 5.74) is 1.14. The number of hydrogen-bond donors (Lipinski definition) is 1. The standard InChI is InChI=1S/C15H19N3O3S/c19-22(20,18-11-5-6-12(18)9-16-8-7-11)10-14-13-3-1-2-4-15(13)21-17-14/h1-4,11-12,16H,5-10H2/t11-,12-/m1/s1. The zero-order valence-corrected chi connectivity index (χ0v) is 13.1. The Hall–Kier alpha value is -1.44. The van der Waals surface area contributed by atoms with Crippen LogP contribution in [0.5, 0.6) is 0 Å². The fraction of sp³-hybridized carbons (Fsp3) is 0.533. The van der Waals surface area contributed by atoms with Crippen LogP contribution in [0.1, 0.15) is 25.0 Å². The van der Waals surface area contributed by atoms with Crippen molar-refractivity contribution in [1.82, 2.24) is 14.8 Å². The molecule has 22 heavy (non-hydrogen) atoms. The second-order valence-electron chi connectivity index (χ2n) is 6.09. The van der Waals surface area contributed by atoms with Crippen LogP contribution in [0.15, 0.2) is 28.8 Å². The first-order valence-corrected chi connectivity index (χ1v) is 9.31. The molecule has 2 aliphatic rings. The van der Waals surface area contributed by atoms with Crippen molar-refractivity contribution in [1.29, 1.82) is 0 Å². The van der Waals surface area contributed by atoms with Crippen LogP contribution in [0.2, 0.25) is 0 Å². The van der Waals surface area contributed by atoms with Crippen LogP contribution in [0, 0.1) is 0 Å². The van der Waals surface area contributed by atoms with Crippen LogP contribution < -0.4 is 5.32 Å². The Morgan fingerprint density at radius 1 is 1.23 bits per heavy atom. The van der Waals surface area contributed by atoms with Crippen molar-refractivity contribution < 1.29 is 12.9 Å². The molecule has 2 fully saturated rings. The molecule has 0 saturated carbocycles. The lowest BCUT2D eigenvalue weighted by Gasteiger charge is -2.26. The van der Waals surface area contributed by atoms with Gasteiger partial charge in [-0.1, -0.05) is 17.3 Å². The average molecular weight is 321 g/mol. The number of nitrogens with zero attached hydrogens (tertiary/aromatic N) is 2. The predicted octanol–water partition coefficient (Wildman–Crippen LogP) is 1.48. The van der Waals surface area contributed by atoms with Crippen LogP contribution >= 0.6 is 0 Å². The molecule has 0 amide bonds. The fourth-order valence-corrected chi connectivity index (χ4v) is 5.68. The van der Waals surface area contributed by atoms with Gasteiger partial charge in [0.1, 0.15) is 11.4 Å². The summed E-state index contributed by atoms with van der Waals surface area (Å²) in [7, 11) is -3.39. The maximum absolute atomic E-state index is 12.9. The predicted molar refractivity (Wildman–Crippen MR) is 82.8 cm³/mol. The molecule has 118 valence electrons. The number of fused-ring (bicyclic) bond motifs is 3. The van der Waals surface area contributed by atoms with Gasteiger partial charge in [0.15, 0.2) is 5.58 Å². The molecule has 4 rings (SSSR count). The molecule has 0 spiro atoms. The molecule has 0 radical (unpaired) electrons. The number of rotatable bonds is 3. The number of sulfonamides is 1. The molecule has 3 heterocycles. The SMILES string of the molecule is O=S(=O)(Cc1noc2ccccc12)N1[C@H]2CCNC[C@H]1CC2. The van der Waals surface area contributed by atoms with Gasteiger partial charge in [0.2, 0.25) is 10.0 Å². The van der Waals surface area contributed by atoms with E-state index in [0.29, 0.717) is 11.3 Å². The van der Waals surface area contributed by atoms with Crippen LogP contribution in [-0.2, 0) is 15.8 Å². The van der Waals surface area contributed by atoms with E-state index in [-0.39, 0.29) is 17.8 Å². The fourth-order valence-electron chi connectivity index (χ4n) is 3.68. The minimum Gasteiger partial charge on any atom is -0.356 e. The van der Waals surface area contributed by atoms with Gasteiger partial charge in [-0.2, -0.15) is 4.31 Å². The lowest BCUT2D eigenvalue weighted by atomic mass is 10.1. The maximum Gasteiger partial charge on any atom is 0.220 e. The Kier molecular flexibility index (Phi) is 3.43. The normalized spacial score (nSPS) is 26.4. The first-order chi connectivity index (χ1) is 10.6. The minimum absolute atomic E-state index is 0.0793. The highest BCUT2D eigenvalue weighted by atomic mass is 32.2. The van der Waals surface area contributed by atoms with E-state index in [2.05, 4.69) is 10.5 Å². The van der Waals surface area contributed by atoms with Crippen molar-refractivity contribution in [2.75, 3.05) is 13.1 Å². The molecule has 2 aromatic rings. The summed E-state index contributed by atoms with van der Waals surface area (Å²) in [6.07, 6.45) is 2.79. The monoisotopic (exact) mass is 321 g/mol. The number of hydrogen-bond acceptors (Lipinski definition) is 5.